The Morgan fingerprint density at radius 1 is 0.867 bits per heavy atom. The first-order valence-corrected chi connectivity index (χ1v) is 6.57. The van der Waals surface area contributed by atoms with Crippen molar-refractivity contribution in [2.75, 3.05) is 45.8 Å². The summed E-state index contributed by atoms with van der Waals surface area (Å²) < 4.78 is 0. The number of piperidine rings is 1. The molecule has 0 bridgehead atoms. The van der Waals surface area contributed by atoms with E-state index in [4.69, 9.17) is 0 Å². The number of nitrogens with zero attached hydrogens (tertiary/aromatic N) is 1. The van der Waals surface area contributed by atoms with Gasteiger partial charge in [-0.25, -0.2) is 0 Å². The Kier molecular flexibility index (Phi) is 7.88. The van der Waals surface area contributed by atoms with Gasteiger partial charge in [-0.05, 0) is 38.9 Å². The van der Waals surface area contributed by atoms with Crippen molar-refractivity contribution >= 4 is 0 Å². The third-order valence-corrected chi connectivity index (χ3v) is 2.95. The van der Waals surface area contributed by atoms with Crippen LogP contribution in [0.4, 0.5) is 0 Å². The highest BCUT2D eigenvalue weighted by Crippen LogP contribution is 2.07. The summed E-state index contributed by atoms with van der Waals surface area (Å²) in [5.41, 5.74) is 0. The van der Waals surface area contributed by atoms with Crippen LogP contribution < -0.4 is 10.6 Å². The topological polar surface area (TPSA) is 27.3 Å². The fourth-order valence-electron chi connectivity index (χ4n) is 2.10. The van der Waals surface area contributed by atoms with Gasteiger partial charge in [-0.3, -0.25) is 0 Å². The Hall–Kier alpha value is -0.120. The molecule has 2 N–H and O–H groups in total. The molecular formula is C12H27N3. The monoisotopic (exact) mass is 213 g/mol. The molecule has 2 fully saturated rings. The smallest absolute Gasteiger partial charge is 0.00772 e. The van der Waals surface area contributed by atoms with E-state index in [1.165, 1.54) is 45.3 Å². The van der Waals surface area contributed by atoms with Gasteiger partial charge in [0.1, 0.15) is 0 Å². The molecule has 0 unspecified atom stereocenters. The predicted octanol–water partition coefficient (Wildman–Crippen LogP) is 1.06. The van der Waals surface area contributed by atoms with Crippen molar-refractivity contribution in [3.8, 4) is 0 Å². The zero-order chi connectivity index (χ0) is 10.8. The fourth-order valence-corrected chi connectivity index (χ4v) is 2.10. The maximum absolute atomic E-state index is 3.22. The summed E-state index contributed by atoms with van der Waals surface area (Å²) >= 11 is 0. The molecule has 90 valence electrons. The summed E-state index contributed by atoms with van der Waals surface area (Å²) in [5.74, 6) is 0. The molecule has 2 saturated heterocycles. The van der Waals surface area contributed by atoms with Gasteiger partial charge in [-0.2, -0.15) is 0 Å². The van der Waals surface area contributed by atoms with Crippen molar-refractivity contribution in [1.29, 1.82) is 0 Å². The standard InChI is InChI=1S/C8H17N.C4H10N2/c1-2-6-9-7-4-3-5-8-9;1-2-6-4-3-5-1/h2-8H2,1H3;5-6H,1-4H2. The molecule has 0 aromatic rings. The summed E-state index contributed by atoms with van der Waals surface area (Å²) in [7, 11) is 0. The minimum absolute atomic E-state index is 1.14. The average Bonchev–Trinajstić information content (AvgIpc) is 2.34. The lowest BCUT2D eigenvalue weighted by Gasteiger charge is -2.25. The van der Waals surface area contributed by atoms with Gasteiger partial charge in [0.15, 0.2) is 0 Å². The van der Waals surface area contributed by atoms with Crippen LogP contribution in [-0.4, -0.2) is 50.7 Å². The number of likely N-dealkylation sites (tertiary alicyclic amines) is 1. The Balaban J connectivity index is 0.000000162. The maximum atomic E-state index is 3.22. The fraction of sp³-hybridized carbons (Fsp3) is 1.00. The predicted molar refractivity (Wildman–Crippen MR) is 66.3 cm³/mol. The Morgan fingerprint density at radius 2 is 1.40 bits per heavy atom. The number of hydrogen-bond donors (Lipinski definition) is 2. The van der Waals surface area contributed by atoms with Gasteiger partial charge in [0.25, 0.3) is 0 Å². The molecule has 2 heterocycles. The molecule has 0 aromatic heterocycles. The Bertz CT molecular complexity index is 115. The van der Waals surface area contributed by atoms with Crippen LogP contribution >= 0.6 is 0 Å². The van der Waals surface area contributed by atoms with Crippen LogP contribution in [0.3, 0.4) is 0 Å². The number of nitrogens with one attached hydrogen (secondary N) is 2. The molecule has 0 atom stereocenters. The van der Waals surface area contributed by atoms with Crippen molar-refractivity contribution in [2.45, 2.75) is 32.6 Å². The minimum atomic E-state index is 1.14. The van der Waals surface area contributed by atoms with Crippen LogP contribution in [0.2, 0.25) is 0 Å². The summed E-state index contributed by atoms with van der Waals surface area (Å²) in [5, 5.41) is 6.44. The molecule has 2 aliphatic rings. The number of piperazine rings is 1. The molecule has 0 aromatic carbocycles. The molecule has 0 saturated carbocycles. The van der Waals surface area contributed by atoms with E-state index in [2.05, 4.69) is 22.5 Å². The molecule has 2 rings (SSSR count). The quantitative estimate of drug-likeness (QED) is 0.718. The van der Waals surface area contributed by atoms with Crippen LogP contribution in [0.1, 0.15) is 32.6 Å². The van der Waals surface area contributed by atoms with Gasteiger partial charge >= 0.3 is 0 Å². The summed E-state index contributed by atoms with van der Waals surface area (Å²) in [6, 6.07) is 0. The largest absolute Gasteiger partial charge is 0.314 e. The summed E-state index contributed by atoms with van der Waals surface area (Å²) in [6.07, 6.45) is 5.64. The summed E-state index contributed by atoms with van der Waals surface area (Å²) in [4.78, 5) is 2.57. The van der Waals surface area contributed by atoms with Crippen molar-refractivity contribution in [3.05, 3.63) is 0 Å². The zero-order valence-corrected chi connectivity index (χ0v) is 10.2. The van der Waals surface area contributed by atoms with Gasteiger partial charge in [-0.1, -0.05) is 13.3 Å². The van der Waals surface area contributed by atoms with E-state index in [1.54, 1.807) is 0 Å². The van der Waals surface area contributed by atoms with E-state index in [1.807, 2.05) is 0 Å². The van der Waals surface area contributed by atoms with Gasteiger partial charge in [-0.15, -0.1) is 0 Å². The Labute approximate surface area is 94.6 Å². The van der Waals surface area contributed by atoms with Crippen molar-refractivity contribution < 1.29 is 0 Å². The van der Waals surface area contributed by atoms with E-state index in [9.17, 15) is 0 Å². The van der Waals surface area contributed by atoms with E-state index in [0.29, 0.717) is 0 Å². The summed E-state index contributed by atoms with van der Waals surface area (Å²) in [6.45, 7) is 10.8. The first-order valence-electron chi connectivity index (χ1n) is 6.57. The van der Waals surface area contributed by atoms with Crippen molar-refractivity contribution in [2.24, 2.45) is 0 Å². The van der Waals surface area contributed by atoms with Gasteiger partial charge in [0.2, 0.25) is 0 Å². The maximum Gasteiger partial charge on any atom is 0.00772 e. The lowest BCUT2D eigenvalue weighted by atomic mass is 10.1. The molecular weight excluding hydrogens is 186 g/mol. The van der Waals surface area contributed by atoms with Gasteiger partial charge < -0.3 is 15.5 Å². The first-order chi connectivity index (χ1) is 7.43. The minimum Gasteiger partial charge on any atom is -0.314 e. The van der Waals surface area contributed by atoms with Crippen molar-refractivity contribution in [3.63, 3.8) is 0 Å². The van der Waals surface area contributed by atoms with Crippen LogP contribution in [-0.2, 0) is 0 Å². The van der Waals surface area contributed by atoms with Crippen LogP contribution in [0.25, 0.3) is 0 Å². The molecule has 15 heavy (non-hydrogen) atoms. The van der Waals surface area contributed by atoms with Crippen LogP contribution in [0, 0.1) is 0 Å². The van der Waals surface area contributed by atoms with Gasteiger partial charge in [0, 0.05) is 26.2 Å². The average molecular weight is 213 g/mol. The molecule has 3 heteroatoms. The highest BCUT2D eigenvalue weighted by atomic mass is 15.1. The van der Waals surface area contributed by atoms with Crippen LogP contribution in [0.5, 0.6) is 0 Å². The SMILES string of the molecule is C1CNCCN1.CCCN1CCCCC1. The lowest BCUT2D eigenvalue weighted by Crippen LogP contribution is -2.39. The molecule has 3 nitrogen and oxygen atoms in total. The second-order valence-corrected chi connectivity index (χ2v) is 4.40. The zero-order valence-electron chi connectivity index (χ0n) is 10.2. The second-order valence-electron chi connectivity index (χ2n) is 4.40. The normalized spacial score (nSPS) is 23.0. The van der Waals surface area contributed by atoms with Gasteiger partial charge in [0.05, 0.1) is 0 Å². The van der Waals surface area contributed by atoms with E-state index < -0.39 is 0 Å². The molecule has 0 radical (unpaired) electrons. The second kappa shape index (κ2) is 9.13. The Morgan fingerprint density at radius 3 is 1.80 bits per heavy atom. The first kappa shape index (κ1) is 12.9. The van der Waals surface area contributed by atoms with E-state index >= 15 is 0 Å². The highest BCUT2D eigenvalue weighted by Gasteiger charge is 2.07. The molecule has 0 aliphatic carbocycles. The van der Waals surface area contributed by atoms with Crippen molar-refractivity contribution in [1.82, 2.24) is 15.5 Å². The highest BCUT2D eigenvalue weighted by molar-refractivity contribution is 4.62. The molecule has 0 amide bonds. The van der Waals surface area contributed by atoms with E-state index in [-0.39, 0.29) is 0 Å². The molecule has 2 aliphatic heterocycles. The third kappa shape index (κ3) is 6.88. The number of rotatable bonds is 2. The lowest BCUT2D eigenvalue weighted by molar-refractivity contribution is 0.229. The number of hydrogen-bond acceptors (Lipinski definition) is 3. The van der Waals surface area contributed by atoms with Crippen LogP contribution in [0.15, 0.2) is 0 Å². The van der Waals surface area contributed by atoms with E-state index in [0.717, 1.165) is 26.2 Å². The third-order valence-electron chi connectivity index (χ3n) is 2.95. The molecule has 0 spiro atoms.